The molecule has 148 valence electrons. The predicted molar refractivity (Wildman–Crippen MR) is 112 cm³/mol. The Balaban J connectivity index is 1.69. The minimum Gasteiger partial charge on any atom is -0.336 e. The molecule has 0 aliphatic heterocycles. The Kier molecular flexibility index (Phi) is 5.20. The summed E-state index contributed by atoms with van der Waals surface area (Å²) in [6.45, 7) is 2.79. The summed E-state index contributed by atoms with van der Waals surface area (Å²) in [6, 6.07) is 17.5. The van der Waals surface area contributed by atoms with E-state index in [9.17, 15) is 13.6 Å². The molecule has 1 amide bonds. The van der Waals surface area contributed by atoms with Crippen LogP contribution in [0.5, 0.6) is 0 Å². The van der Waals surface area contributed by atoms with Gasteiger partial charge < -0.3 is 9.47 Å². The minimum absolute atomic E-state index is 0.113. The number of halogens is 2. The molecule has 2 aromatic heterocycles. The summed E-state index contributed by atoms with van der Waals surface area (Å²) in [5.41, 5.74) is 3.10. The summed E-state index contributed by atoms with van der Waals surface area (Å²) in [5, 5.41) is 0. The molecule has 0 radical (unpaired) electrons. The molecule has 0 unspecified atom stereocenters. The fourth-order valence-corrected chi connectivity index (χ4v) is 4.42. The molecule has 0 saturated carbocycles. The topological polar surface area (TPSA) is 25.2 Å². The standard InChI is InChI=1S/C23H20F2N2OS/c1-15-10-20-22(29-15)12-21(23(28)26(2)13-16-6-4-3-5-7-16)27(20)14-17-8-9-18(24)19(25)11-17/h3-12H,13-14H2,1-2H3. The highest BCUT2D eigenvalue weighted by Gasteiger charge is 2.21. The fraction of sp³-hybridized carbons (Fsp3) is 0.174. The van der Waals surface area contributed by atoms with Gasteiger partial charge in [0.25, 0.3) is 5.91 Å². The van der Waals surface area contributed by atoms with Crippen LogP contribution in [0.4, 0.5) is 8.78 Å². The molecule has 0 saturated heterocycles. The second kappa shape index (κ2) is 7.79. The molecule has 0 bridgehead atoms. The van der Waals surface area contributed by atoms with Gasteiger partial charge in [0.1, 0.15) is 5.69 Å². The summed E-state index contributed by atoms with van der Waals surface area (Å²) in [7, 11) is 1.77. The maximum atomic E-state index is 13.7. The summed E-state index contributed by atoms with van der Waals surface area (Å²) < 4.78 is 29.9. The van der Waals surface area contributed by atoms with Crippen LogP contribution in [0.2, 0.25) is 0 Å². The summed E-state index contributed by atoms with van der Waals surface area (Å²) in [6.07, 6.45) is 0. The SMILES string of the molecule is Cc1cc2c(cc(C(=O)N(C)Cc3ccccc3)n2Cc2ccc(F)c(F)c2)s1. The van der Waals surface area contributed by atoms with Crippen molar-refractivity contribution in [2.45, 2.75) is 20.0 Å². The van der Waals surface area contributed by atoms with Gasteiger partial charge in [-0.1, -0.05) is 36.4 Å². The summed E-state index contributed by atoms with van der Waals surface area (Å²) in [4.78, 5) is 16.0. The molecule has 6 heteroatoms. The lowest BCUT2D eigenvalue weighted by Crippen LogP contribution is -2.28. The van der Waals surface area contributed by atoms with Crippen molar-refractivity contribution in [1.29, 1.82) is 0 Å². The molecule has 0 N–H and O–H groups in total. The average Bonchev–Trinajstić information content (AvgIpc) is 3.22. The van der Waals surface area contributed by atoms with E-state index in [2.05, 4.69) is 0 Å². The van der Waals surface area contributed by atoms with Gasteiger partial charge in [0.2, 0.25) is 0 Å². The van der Waals surface area contributed by atoms with E-state index < -0.39 is 11.6 Å². The van der Waals surface area contributed by atoms with Crippen LogP contribution in [-0.2, 0) is 13.1 Å². The molecule has 3 nitrogen and oxygen atoms in total. The fourth-order valence-electron chi connectivity index (χ4n) is 3.46. The Labute approximate surface area is 171 Å². The van der Waals surface area contributed by atoms with Gasteiger partial charge in [-0.15, -0.1) is 11.3 Å². The first-order valence-electron chi connectivity index (χ1n) is 9.25. The number of carbonyl (C=O) groups excluding carboxylic acids is 1. The Morgan fingerprint density at radius 1 is 1.00 bits per heavy atom. The van der Waals surface area contributed by atoms with Crippen LogP contribution in [0.25, 0.3) is 10.2 Å². The smallest absolute Gasteiger partial charge is 0.270 e. The van der Waals surface area contributed by atoms with E-state index in [1.54, 1.807) is 29.4 Å². The maximum Gasteiger partial charge on any atom is 0.270 e. The third-order valence-corrected chi connectivity index (χ3v) is 5.85. The van der Waals surface area contributed by atoms with Crippen molar-refractivity contribution in [3.63, 3.8) is 0 Å². The zero-order valence-corrected chi connectivity index (χ0v) is 17.0. The molecule has 29 heavy (non-hydrogen) atoms. The molecular formula is C23H20F2N2OS. The van der Waals surface area contributed by atoms with E-state index in [1.165, 1.54) is 6.07 Å². The molecular weight excluding hydrogens is 390 g/mol. The Bertz CT molecular complexity index is 1180. The third kappa shape index (κ3) is 3.93. The molecule has 0 atom stereocenters. The molecule has 2 aromatic carbocycles. The van der Waals surface area contributed by atoms with Crippen LogP contribution < -0.4 is 0 Å². The number of amides is 1. The third-order valence-electron chi connectivity index (χ3n) is 4.87. The van der Waals surface area contributed by atoms with E-state index in [1.807, 2.05) is 54.0 Å². The normalized spacial score (nSPS) is 11.2. The van der Waals surface area contributed by atoms with Crippen molar-refractivity contribution in [2.24, 2.45) is 0 Å². The number of hydrogen-bond acceptors (Lipinski definition) is 2. The molecule has 2 heterocycles. The highest BCUT2D eigenvalue weighted by atomic mass is 32.1. The number of fused-ring (bicyclic) bond motifs is 1. The van der Waals surface area contributed by atoms with Crippen molar-refractivity contribution in [1.82, 2.24) is 9.47 Å². The van der Waals surface area contributed by atoms with Crippen molar-refractivity contribution < 1.29 is 13.6 Å². The van der Waals surface area contributed by atoms with E-state index in [4.69, 9.17) is 0 Å². The minimum atomic E-state index is -0.888. The Morgan fingerprint density at radius 2 is 1.76 bits per heavy atom. The van der Waals surface area contributed by atoms with Crippen LogP contribution in [0.1, 0.15) is 26.5 Å². The number of carbonyl (C=O) groups is 1. The maximum absolute atomic E-state index is 13.7. The lowest BCUT2D eigenvalue weighted by molar-refractivity contribution is 0.0775. The first-order chi connectivity index (χ1) is 13.9. The monoisotopic (exact) mass is 410 g/mol. The molecule has 0 aliphatic rings. The van der Waals surface area contributed by atoms with Gasteiger partial charge in [-0.2, -0.15) is 0 Å². The van der Waals surface area contributed by atoms with Gasteiger partial charge in [0.05, 0.1) is 10.2 Å². The lowest BCUT2D eigenvalue weighted by Gasteiger charge is -2.19. The Morgan fingerprint density at radius 3 is 2.48 bits per heavy atom. The summed E-state index contributed by atoms with van der Waals surface area (Å²) in [5.74, 6) is -1.88. The number of nitrogens with zero attached hydrogens (tertiary/aromatic N) is 2. The molecule has 0 aliphatic carbocycles. The number of aromatic nitrogens is 1. The van der Waals surface area contributed by atoms with Crippen LogP contribution in [0.15, 0.2) is 60.7 Å². The molecule has 0 fully saturated rings. The van der Waals surface area contributed by atoms with E-state index in [-0.39, 0.29) is 12.5 Å². The van der Waals surface area contributed by atoms with Gasteiger partial charge in [-0.05, 0) is 42.3 Å². The zero-order chi connectivity index (χ0) is 20.5. The van der Waals surface area contributed by atoms with Crippen LogP contribution >= 0.6 is 11.3 Å². The van der Waals surface area contributed by atoms with Gasteiger partial charge in [0.15, 0.2) is 11.6 Å². The number of thiophene rings is 1. The molecule has 0 spiro atoms. The second-order valence-corrected chi connectivity index (χ2v) is 8.41. The van der Waals surface area contributed by atoms with Gasteiger partial charge >= 0.3 is 0 Å². The lowest BCUT2D eigenvalue weighted by atomic mass is 10.2. The van der Waals surface area contributed by atoms with Crippen molar-refractivity contribution in [3.8, 4) is 0 Å². The Hall–Kier alpha value is -2.99. The van der Waals surface area contributed by atoms with E-state index >= 15 is 0 Å². The average molecular weight is 410 g/mol. The van der Waals surface area contributed by atoms with E-state index in [0.717, 1.165) is 26.7 Å². The van der Waals surface area contributed by atoms with Gasteiger partial charge in [0, 0.05) is 25.0 Å². The number of aryl methyl sites for hydroxylation is 1. The van der Waals surface area contributed by atoms with Gasteiger partial charge in [-0.25, -0.2) is 8.78 Å². The summed E-state index contributed by atoms with van der Waals surface area (Å²) >= 11 is 1.61. The molecule has 4 rings (SSSR count). The largest absolute Gasteiger partial charge is 0.336 e. The number of hydrogen-bond donors (Lipinski definition) is 0. The molecule has 4 aromatic rings. The van der Waals surface area contributed by atoms with Crippen molar-refractivity contribution >= 4 is 27.5 Å². The first-order valence-corrected chi connectivity index (χ1v) is 10.1. The predicted octanol–water partition coefficient (Wildman–Crippen LogP) is 5.61. The van der Waals surface area contributed by atoms with Gasteiger partial charge in [-0.3, -0.25) is 4.79 Å². The van der Waals surface area contributed by atoms with Crippen molar-refractivity contribution in [2.75, 3.05) is 7.05 Å². The second-order valence-electron chi connectivity index (χ2n) is 7.12. The zero-order valence-electron chi connectivity index (χ0n) is 16.2. The quantitative estimate of drug-likeness (QED) is 0.420. The first kappa shape index (κ1) is 19.3. The van der Waals surface area contributed by atoms with Crippen LogP contribution in [0, 0.1) is 18.6 Å². The van der Waals surface area contributed by atoms with Crippen LogP contribution in [-0.4, -0.2) is 22.4 Å². The van der Waals surface area contributed by atoms with Crippen molar-refractivity contribution in [3.05, 3.63) is 94.0 Å². The van der Waals surface area contributed by atoms with E-state index in [0.29, 0.717) is 17.8 Å². The van der Waals surface area contributed by atoms with Crippen LogP contribution in [0.3, 0.4) is 0 Å². The highest BCUT2D eigenvalue weighted by molar-refractivity contribution is 7.19. The number of benzene rings is 2. The highest BCUT2D eigenvalue weighted by Crippen LogP contribution is 2.30. The number of rotatable bonds is 5.